The number of hydrogen-bond acceptors (Lipinski definition) is 4. The number of allylic oxidation sites excluding steroid dienone is 2. The van der Waals surface area contributed by atoms with E-state index in [-0.39, 0.29) is 23.9 Å². The van der Waals surface area contributed by atoms with Gasteiger partial charge in [-0.15, -0.1) is 0 Å². The molecule has 2 aliphatic carbocycles. The Kier molecular flexibility index (Phi) is 4.42. The number of esters is 1. The zero-order valence-corrected chi connectivity index (χ0v) is 15.0. The van der Waals surface area contributed by atoms with Crippen molar-refractivity contribution in [2.24, 2.45) is 23.2 Å². The summed E-state index contributed by atoms with van der Waals surface area (Å²) < 4.78 is 4.91. The summed E-state index contributed by atoms with van der Waals surface area (Å²) in [7, 11) is 0. The smallest absolute Gasteiger partial charge is 0.336 e. The molecule has 1 heterocycles. The lowest BCUT2D eigenvalue weighted by atomic mass is 9.48. The highest BCUT2D eigenvalue weighted by Crippen LogP contribution is 2.59. The van der Waals surface area contributed by atoms with E-state index in [1.165, 1.54) is 5.57 Å². The zero-order chi connectivity index (χ0) is 17.7. The van der Waals surface area contributed by atoms with Gasteiger partial charge < -0.3 is 14.9 Å². The summed E-state index contributed by atoms with van der Waals surface area (Å²) in [5.74, 6) is 0.589. The second kappa shape index (κ2) is 5.99. The fourth-order valence-electron chi connectivity index (χ4n) is 5.30. The minimum atomic E-state index is -0.802. The lowest BCUT2D eigenvalue weighted by molar-refractivity contribution is -0.135. The van der Waals surface area contributed by atoms with Crippen LogP contribution in [0.1, 0.15) is 52.9 Å². The minimum absolute atomic E-state index is 0.0655. The Hall–Kier alpha value is -1.13. The van der Waals surface area contributed by atoms with Crippen LogP contribution in [0, 0.1) is 23.2 Å². The van der Waals surface area contributed by atoms with Gasteiger partial charge in [0, 0.05) is 0 Å². The summed E-state index contributed by atoms with van der Waals surface area (Å²) in [5.41, 5.74) is 1.11. The molecule has 2 saturated carbocycles. The van der Waals surface area contributed by atoms with Crippen molar-refractivity contribution in [2.45, 2.75) is 64.6 Å². The number of rotatable bonds is 2. The Balaban J connectivity index is 1.85. The molecule has 0 bridgehead atoms. The van der Waals surface area contributed by atoms with Gasteiger partial charge in [0.2, 0.25) is 0 Å². The topological polar surface area (TPSA) is 66.8 Å². The van der Waals surface area contributed by atoms with Crippen molar-refractivity contribution in [2.75, 3.05) is 6.61 Å². The fraction of sp³-hybridized carbons (Fsp3) is 0.750. The molecule has 3 rings (SSSR count). The van der Waals surface area contributed by atoms with Gasteiger partial charge in [-0.1, -0.05) is 32.1 Å². The summed E-state index contributed by atoms with van der Waals surface area (Å²) >= 11 is 0. The van der Waals surface area contributed by atoms with Crippen molar-refractivity contribution in [1.82, 2.24) is 0 Å². The maximum absolute atomic E-state index is 11.7. The van der Waals surface area contributed by atoms with E-state index in [9.17, 15) is 15.0 Å². The van der Waals surface area contributed by atoms with Crippen LogP contribution in [0.15, 0.2) is 23.8 Å². The molecule has 4 heteroatoms. The van der Waals surface area contributed by atoms with Gasteiger partial charge in [0.1, 0.15) is 12.7 Å². The normalized spacial score (nSPS) is 47.6. The summed E-state index contributed by atoms with van der Waals surface area (Å²) in [6.07, 6.45) is 5.58. The van der Waals surface area contributed by atoms with E-state index in [4.69, 9.17) is 4.74 Å². The second-order valence-corrected chi connectivity index (χ2v) is 8.52. The SMILES string of the molecule is C=C1CC[C@@H]2[C@@H](C)[C@](C)(O)CC[C@@]2(C)[C@@H]1C/C=C1/C(=O)OC[C@H]1O. The molecule has 6 atom stereocenters. The van der Waals surface area contributed by atoms with Crippen molar-refractivity contribution < 1.29 is 19.7 Å². The number of fused-ring (bicyclic) bond motifs is 1. The average Bonchev–Trinajstić information content (AvgIpc) is 2.83. The molecule has 24 heavy (non-hydrogen) atoms. The molecule has 0 aromatic carbocycles. The average molecular weight is 334 g/mol. The van der Waals surface area contributed by atoms with Crippen LogP contribution in [-0.4, -0.2) is 34.5 Å². The molecule has 2 N–H and O–H groups in total. The number of aliphatic hydroxyl groups is 2. The highest BCUT2D eigenvalue weighted by Gasteiger charge is 2.54. The molecule has 134 valence electrons. The fourth-order valence-corrected chi connectivity index (χ4v) is 5.30. The summed E-state index contributed by atoms with van der Waals surface area (Å²) in [4.78, 5) is 11.7. The largest absolute Gasteiger partial charge is 0.459 e. The van der Waals surface area contributed by atoms with E-state index in [2.05, 4.69) is 20.4 Å². The third-order valence-electron chi connectivity index (χ3n) is 7.21. The number of hydrogen-bond donors (Lipinski definition) is 2. The molecule has 1 saturated heterocycles. The standard InChI is InChI=1S/C20H30O4/c1-12-5-7-16-13(2)20(4,23)10-9-19(16,3)15(12)8-6-14-17(21)11-24-18(14)22/h6,13,15-17,21,23H,1,5,7-11H2,2-4H3/b14-6+/t13-,15-,16-,17-,19+,20-/m1/s1. The van der Waals surface area contributed by atoms with Gasteiger partial charge in [0.05, 0.1) is 11.2 Å². The van der Waals surface area contributed by atoms with Gasteiger partial charge >= 0.3 is 5.97 Å². The Morgan fingerprint density at radius 1 is 1.38 bits per heavy atom. The van der Waals surface area contributed by atoms with Crippen molar-refractivity contribution in [3.63, 3.8) is 0 Å². The second-order valence-electron chi connectivity index (χ2n) is 8.52. The van der Waals surface area contributed by atoms with Gasteiger partial charge in [-0.05, 0) is 62.2 Å². The number of carbonyl (C=O) groups is 1. The molecule has 1 aliphatic heterocycles. The highest BCUT2D eigenvalue weighted by molar-refractivity contribution is 5.91. The molecular formula is C20H30O4. The number of aliphatic hydroxyl groups excluding tert-OH is 1. The lowest BCUT2D eigenvalue weighted by Crippen LogP contribution is -2.54. The molecular weight excluding hydrogens is 304 g/mol. The monoisotopic (exact) mass is 334 g/mol. The molecule has 0 radical (unpaired) electrons. The molecule has 0 amide bonds. The van der Waals surface area contributed by atoms with Crippen molar-refractivity contribution >= 4 is 5.97 Å². The Morgan fingerprint density at radius 3 is 2.71 bits per heavy atom. The van der Waals surface area contributed by atoms with Crippen molar-refractivity contribution in [3.8, 4) is 0 Å². The molecule has 3 fully saturated rings. The first-order chi connectivity index (χ1) is 11.2. The van der Waals surface area contributed by atoms with Gasteiger partial charge in [-0.3, -0.25) is 0 Å². The van der Waals surface area contributed by atoms with Crippen LogP contribution in [0.2, 0.25) is 0 Å². The molecule has 0 unspecified atom stereocenters. The van der Waals surface area contributed by atoms with Crippen molar-refractivity contribution in [1.29, 1.82) is 0 Å². The zero-order valence-electron chi connectivity index (χ0n) is 15.0. The van der Waals surface area contributed by atoms with Crippen LogP contribution in [0.3, 0.4) is 0 Å². The summed E-state index contributed by atoms with van der Waals surface area (Å²) in [5, 5.41) is 20.6. The van der Waals surface area contributed by atoms with Crippen LogP contribution < -0.4 is 0 Å². The van der Waals surface area contributed by atoms with Gasteiger partial charge in [0.15, 0.2) is 0 Å². The predicted molar refractivity (Wildman–Crippen MR) is 92.1 cm³/mol. The maximum atomic E-state index is 11.7. The van der Waals surface area contributed by atoms with Gasteiger partial charge in [0.25, 0.3) is 0 Å². The van der Waals surface area contributed by atoms with E-state index < -0.39 is 17.7 Å². The van der Waals surface area contributed by atoms with E-state index >= 15 is 0 Å². The van der Waals surface area contributed by atoms with Crippen LogP contribution in [-0.2, 0) is 9.53 Å². The quantitative estimate of drug-likeness (QED) is 0.463. The Labute approximate surface area is 144 Å². The molecule has 3 aliphatic rings. The van der Waals surface area contributed by atoms with Crippen LogP contribution in [0.25, 0.3) is 0 Å². The third kappa shape index (κ3) is 2.74. The van der Waals surface area contributed by atoms with E-state index in [0.29, 0.717) is 17.9 Å². The first-order valence-electron chi connectivity index (χ1n) is 9.12. The molecule has 4 nitrogen and oxygen atoms in total. The summed E-state index contributed by atoms with van der Waals surface area (Å²) in [6, 6.07) is 0. The van der Waals surface area contributed by atoms with Gasteiger partial charge in [-0.25, -0.2) is 4.79 Å². The third-order valence-corrected chi connectivity index (χ3v) is 7.21. The first kappa shape index (κ1) is 17.7. The van der Waals surface area contributed by atoms with Crippen LogP contribution in [0.5, 0.6) is 0 Å². The predicted octanol–water partition coefficient (Wildman–Crippen LogP) is 2.99. The van der Waals surface area contributed by atoms with Crippen molar-refractivity contribution in [3.05, 3.63) is 23.8 Å². The number of ether oxygens (including phenoxy) is 1. The van der Waals surface area contributed by atoms with Crippen LogP contribution in [0.4, 0.5) is 0 Å². The van der Waals surface area contributed by atoms with E-state index in [1.807, 2.05) is 13.0 Å². The lowest BCUT2D eigenvalue weighted by Gasteiger charge is -2.57. The van der Waals surface area contributed by atoms with E-state index in [0.717, 1.165) is 25.7 Å². The molecule has 0 aromatic rings. The summed E-state index contributed by atoms with van der Waals surface area (Å²) in [6.45, 7) is 10.8. The Bertz CT molecular complexity index is 576. The first-order valence-corrected chi connectivity index (χ1v) is 9.12. The molecule has 0 aromatic heterocycles. The highest BCUT2D eigenvalue weighted by atomic mass is 16.6. The van der Waals surface area contributed by atoms with E-state index in [1.54, 1.807) is 0 Å². The number of carbonyl (C=O) groups excluding carboxylic acids is 1. The molecule has 0 spiro atoms. The van der Waals surface area contributed by atoms with Gasteiger partial charge in [-0.2, -0.15) is 0 Å². The number of cyclic esters (lactones) is 1. The van der Waals surface area contributed by atoms with Crippen LogP contribution >= 0.6 is 0 Å². The Morgan fingerprint density at radius 2 is 2.08 bits per heavy atom. The maximum Gasteiger partial charge on any atom is 0.336 e. The minimum Gasteiger partial charge on any atom is -0.459 e.